The van der Waals surface area contributed by atoms with Crippen molar-refractivity contribution in [3.63, 3.8) is 0 Å². The van der Waals surface area contributed by atoms with Crippen molar-refractivity contribution in [2.45, 2.75) is 12.2 Å². The standard InChI is InChI=1S/C9H7ClN2O4/c10-5-1-2-7(12(15)16)6(3-5)9(14)8(13)4-11/h1-3,8-9,13-14H. The van der Waals surface area contributed by atoms with Crippen molar-refractivity contribution in [1.82, 2.24) is 0 Å². The summed E-state index contributed by atoms with van der Waals surface area (Å²) in [6.45, 7) is 0. The van der Waals surface area contributed by atoms with Crippen LogP contribution >= 0.6 is 11.6 Å². The molecule has 2 unspecified atom stereocenters. The van der Waals surface area contributed by atoms with Gasteiger partial charge < -0.3 is 10.2 Å². The van der Waals surface area contributed by atoms with Crippen LogP contribution in [0.5, 0.6) is 0 Å². The molecule has 0 spiro atoms. The maximum absolute atomic E-state index is 10.6. The Morgan fingerprint density at radius 1 is 1.50 bits per heavy atom. The molecule has 0 aliphatic carbocycles. The predicted octanol–water partition coefficient (Wildman–Crippen LogP) is 1.17. The predicted molar refractivity (Wildman–Crippen MR) is 54.7 cm³/mol. The first-order valence-electron chi connectivity index (χ1n) is 4.17. The summed E-state index contributed by atoms with van der Waals surface area (Å²) in [6.07, 6.45) is -3.40. The minimum Gasteiger partial charge on any atom is -0.384 e. The van der Waals surface area contributed by atoms with Gasteiger partial charge in [0.05, 0.1) is 16.6 Å². The number of nitro groups is 1. The number of hydrogen-bond donors (Lipinski definition) is 2. The highest BCUT2D eigenvalue weighted by atomic mass is 35.5. The number of halogens is 1. The van der Waals surface area contributed by atoms with Gasteiger partial charge in [-0.15, -0.1) is 0 Å². The van der Waals surface area contributed by atoms with E-state index in [1.54, 1.807) is 0 Å². The van der Waals surface area contributed by atoms with Crippen LogP contribution in [-0.4, -0.2) is 21.2 Å². The van der Waals surface area contributed by atoms with Crippen molar-refractivity contribution in [2.75, 3.05) is 0 Å². The number of aliphatic hydroxyl groups is 2. The summed E-state index contributed by atoms with van der Waals surface area (Å²) in [6, 6.07) is 4.92. The van der Waals surface area contributed by atoms with E-state index in [-0.39, 0.29) is 10.6 Å². The normalized spacial score (nSPS) is 13.9. The largest absolute Gasteiger partial charge is 0.384 e. The third-order valence-electron chi connectivity index (χ3n) is 1.94. The van der Waals surface area contributed by atoms with Gasteiger partial charge in [0.25, 0.3) is 5.69 Å². The molecule has 0 saturated carbocycles. The molecule has 0 heterocycles. The van der Waals surface area contributed by atoms with Gasteiger partial charge >= 0.3 is 0 Å². The lowest BCUT2D eigenvalue weighted by atomic mass is 10.0. The maximum Gasteiger partial charge on any atom is 0.275 e. The minimum atomic E-state index is -1.74. The van der Waals surface area contributed by atoms with Crippen LogP contribution < -0.4 is 0 Å². The lowest BCUT2D eigenvalue weighted by Gasteiger charge is -2.12. The van der Waals surface area contributed by atoms with E-state index in [1.165, 1.54) is 12.1 Å². The zero-order valence-electron chi connectivity index (χ0n) is 7.87. The SMILES string of the molecule is N#CC(O)C(O)c1cc(Cl)ccc1[N+](=O)[O-]. The molecule has 0 aliphatic rings. The second-order valence-corrected chi connectivity index (χ2v) is 3.42. The highest BCUT2D eigenvalue weighted by molar-refractivity contribution is 6.30. The molecule has 7 heteroatoms. The van der Waals surface area contributed by atoms with Crippen LogP contribution in [0.1, 0.15) is 11.7 Å². The number of benzene rings is 1. The first kappa shape index (κ1) is 12.4. The van der Waals surface area contributed by atoms with Crippen LogP contribution in [0.15, 0.2) is 18.2 Å². The summed E-state index contributed by atoms with van der Waals surface area (Å²) in [5.74, 6) is 0. The average molecular weight is 243 g/mol. The molecule has 2 N–H and O–H groups in total. The molecule has 0 fully saturated rings. The smallest absolute Gasteiger partial charge is 0.275 e. The first-order valence-corrected chi connectivity index (χ1v) is 4.54. The van der Waals surface area contributed by atoms with Gasteiger partial charge in [0.1, 0.15) is 6.10 Å². The topological polar surface area (TPSA) is 107 Å². The van der Waals surface area contributed by atoms with Crippen molar-refractivity contribution in [3.8, 4) is 6.07 Å². The molecule has 0 bridgehead atoms. The zero-order chi connectivity index (χ0) is 12.3. The van der Waals surface area contributed by atoms with Crippen molar-refractivity contribution in [2.24, 2.45) is 0 Å². The fraction of sp³-hybridized carbons (Fsp3) is 0.222. The van der Waals surface area contributed by atoms with E-state index >= 15 is 0 Å². The molecule has 0 saturated heterocycles. The zero-order valence-corrected chi connectivity index (χ0v) is 8.63. The molecule has 16 heavy (non-hydrogen) atoms. The summed E-state index contributed by atoms with van der Waals surface area (Å²) in [7, 11) is 0. The highest BCUT2D eigenvalue weighted by Crippen LogP contribution is 2.29. The van der Waals surface area contributed by atoms with E-state index < -0.39 is 22.8 Å². The molecular weight excluding hydrogens is 236 g/mol. The van der Waals surface area contributed by atoms with E-state index in [9.17, 15) is 15.2 Å². The maximum atomic E-state index is 10.6. The van der Waals surface area contributed by atoms with Crippen molar-refractivity contribution < 1.29 is 15.1 Å². The Labute approximate surface area is 95.5 Å². The van der Waals surface area contributed by atoms with Gasteiger partial charge in [-0.25, -0.2) is 0 Å². The highest BCUT2D eigenvalue weighted by Gasteiger charge is 2.26. The summed E-state index contributed by atoms with van der Waals surface area (Å²) in [5.41, 5.74) is -0.585. The number of nitro benzene ring substituents is 1. The van der Waals surface area contributed by atoms with Gasteiger partial charge in [0.2, 0.25) is 0 Å². The summed E-state index contributed by atoms with van der Waals surface area (Å²) in [5, 5.41) is 37.8. The molecular formula is C9H7ClN2O4. The first-order chi connectivity index (χ1) is 7.47. The summed E-state index contributed by atoms with van der Waals surface area (Å²) >= 11 is 5.62. The number of nitriles is 1. The number of hydrogen-bond acceptors (Lipinski definition) is 5. The third kappa shape index (κ3) is 2.46. The Balaban J connectivity index is 3.25. The van der Waals surface area contributed by atoms with E-state index in [0.717, 1.165) is 12.1 Å². The third-order valence-corrected chi connectivity index (χ3v) is 2.17. The summed E-state index contributed by atoms with van der Waals surface area (Å²) in [4.78, 5) is 9.91. The minimum absolute atomic E-state index is 0.171. The monoisotopic (exact) mass is 242 g/mol. The molecule has 0 aromatic heterocycles. The fourth-order valence-electron chi connectivity index (χ4n) is 1.17. The molecule has 0 aliphatic heterocycles. The second-order valence-electron chi connectivity index (χ2n) is 2.98. The van der Waals surface area contributed by atoms with Gasteiger partial charge in [-0.3, -0.25) is 10.1 Å². The molecule has 1 rings (SSSR count). The lowest BCUT2D eigenvalue weighted by molar-refractivity contribution is -0.386. The Kier molecular flexibility index (Phi) is 3.79. The van der Waals surface area contributed by atoms with Crippen LogP contribution in [0.2, 0.25) is 5.02 Å². The Bertz CT molecular complexity index is 457. The van der Waals surface area contributed by atoms with E-state index in [1.807, 2.05) is 0 Å². The van der Waals surface area contributed by atoms with Gasteiger partial charge in [0, 0.05) is 11.1 Å². The molecule has 84 valence electrons. The lowest BCUT2D eigenvalue weighted by Crippen LogP contribution is -2.17. The number of nitrogens with zero attached hydrogens (tertiary/aromatic N) is 2. The Morgan fingerprint density at radius 2 is 2.12 bits per heavy atom. The molecule has 1 aromatic carbocycles. The van der Waals surface area contributed by atoms with Crippen LogP contribution in [0, 0.1) is 21.4 Å². The van der Waals surface area contributed by atoms with Crippen LogP contribution in [0.4, 0.5) is 5.69 Å². The molecule has 2 atom stereocenters. The number of rotatable bonds is 3. The Morgan fingerprint density at radius 3 is 2.62 bits per heavy atom. The summed E-state index contributed by atoms with van der Waals surface area (Å²) < 4.78 is 0. The molecule has 0 amide bonds. The molecule has 0 radical (unpaired) electrons. The van der Waals surface area contributed by atoms with Gasteiger partial charge in [0.15, 0.2) is 6.10 Å². The van der Waals surface area contributed by atoms with E-state index in [4.69, 9.17) is 22.0 Å². The number of aliphatic hydroxyl groups excluding tert-OH is 2. The van der Waals surface area contributed by atoms with E-state index in [2.05, 4.69) is 0 Å². The van der Waals surface area contributed by atoms with E-state index in [0.29, 0.717) is 0 Å². The molecule has 6 nitrogen and oxygen atoms in total. The molecule has 1 aromatic rings. The van der Waals surface area contributed by atoms with Gasteiger partial charge in [-0.1, -0.05) is 11.6 Å². The average Bonchev–Trinajstić information content (AvgIpc) is 2.26. The van der Waals surface area contributed by atoms with Crippen LogP contribution in [0.3, 0.4) is 0 Å². The second kappa shape index (κ2) is 4.90. The van der Waals surface area contributed by atoms with Gasteiger partial charge in [-0.2, -0.15) is 5.26 Å². The fourth-order valence-corrected chi connectivity index (χ4v) is 1.35. The van der Waals surface area contributed by atoms with Crippen molar-refractivity contribution in [1.29, 1.82) is 5.26 Å². The Hall–Kier alpha value is -1.68. The van der Waals surface area contributed by atoms with Crippen LogP contribution in [-0.2, 0) is 0 Å². The quantitative estimate of drug-likeness (QED) is 0.470. The van der Waals surface area contributed by atoms with Crippen LogP contribution in [0.25, 0.3) is 0 Å². The van der Waals surface area contributed by atoms with Crippen molar-refractivity contribution >= 4 is 17.3 Å². The van der Waals surface area contributed by atoms with Gasteiger partial charge in [-0.05, 0) is 12.1 Å². The van der Waals surface area contributed by atoms with Crippen molar-refractivity contribution in [3.05, 3.63) is 38.9 Å².